The van der Waals surface area contributed by atoms with Gasteiger partial charge in [0, 0.05) is 24.6 Å². The van der Waals surface area contributed by atoms with E-state index >= 15 is 0 Å². The van der Waals surface area contributed by atoms with Crippen LogP contribution in [0, 0.1) is 0 Å². The highest BCUT2D eigenvalue weighted by Gasteiger charge is 2.21. The first kappa shape index (κ1) is 23.9. The molecule has 1 fully saturated rings. The van der Waals surface area contributed by atoms with E-state index in [9.17, 15) is 4.79 Å². The summed E-state index contributed by atoms with van der Waals surface area (Å²) in [6.45, 7) is 0.265. The Morgan fingerprint density at radius 1 is 1.28 bits per heavy atom. The molecule has 5 rings (SSSR count). The Morgan fingerprint density at radius 3 is 2.89 bits per heavy atom. The van der Waals surface area contributed by atoms with Crippen molar-refractivity contribution in [3.63, 3.8) is 0 Å². The van der Waals surface area contributed by atoms with Gasteiger partial charge in [-0.05, 0) is 49.6 Å². The van der Waals surface area contributed by atoms with E-state index in [1.54, 1.807) is 36.1 Å². The van der Waals surface area contributed by atoms with Gasteiger partial charge >= 0.3 is 5.97 Å². The fourth-order valence-electron chi connectivity index (χ4n) is 4.13. The minimum absolute atomic E-state index is 0.0784. The van der Waals surface area contributed by atoms with Gasteiger partial charge in [0.15, 0.2) is 30.2 Å². The van der Waals surface area contributed by atoms with Gasteiger partial charge in [0.25, 0.3) is 0 Å². The molecule has 1 aliphatic heterocycles. The molecule has 2 aromatic carbocycles. The highest BCUT2D eigenvalue weighted by atomic mass is 35.5. The van der Waals surface area contributed by atoms with Crippen LogP contribution in [-0.2, 0) is 16.6 Å². The Kier molecular flexibility index (Phi) is 6.66. The Balaban J connectivity index is 1.39. The van der Waals surface area contributed by atoms with Gasteiger partial charge in [0.05, 0.1) is 29.5 Å². The first-order chi connectivity index (χ1) is 17.4. The fraction of sp³-hybridized carbons (Fsp3) is 0.333. The number of rotatable bonds is 8. The molecule has 0 saturated carbocycles. The summed E-state index contributed by atoms with van der Waals surface area (Å²) >= 11 is 6.74. The third kappa shape index (κ3) is 4.67. The summed E-state index contributed by atoms with van der Waals surface area (Å²) in [4.78, 5) is 15.4. The standard InChI is InChI=1S/C24H25ClN6O5/c1-30-24(28-23(29-30)14-6-9-18(19(11-14)34-2)36-13-21(32)33)27-16-7-8-17-15(22(16)25)12-26-31(17)20-5-3-4-10-35-20/h6-9,11-12,20H,3-5,10,13H2,1-2H3,(H,32,33)(H,27,28,29). The number of anilines is 2. The highest BCUT2D eigenvalue weighted by Crippen LogP contribution is 2.36. The third-order valence-electron chi connectivity index (χ3n) is 5.93. The lowest BCUT2D eigenvalue weighted by Crippen LogP contribution is -2.18. The molecule has 1 unspecified atom stereocenters. The zero-order valence-corrected chi connectivity index (χ0v) is 20.5. The smallest absolute Gasteiger partial charge is 0.341 e. The quantitative estimate of drug-likeness (QED) is 0.353. The topological polar surface area (TPSA) is 126 Å². The van der Waals surface area contributed by atoms with E-state index in [4.69, 9.17) is 30.9 Å². The van der Waals surface area contributed by atoms with E-state index in [1.807, 2.05) is 16.8 Å². The lowest BCUT2D eigenvalue weighted by molar-refractivity contribution is -0.139. The first-order valence-electron chi connectivity index (χ1n) is 11.4. The zero-order chi connectivity index (χ0) is 25.2. The number of benzene rings is 2. The molecule has 0 aliphatic carbocycles. The number of fused-ring (bicyclic) bond motifs is 1. The molecule has 1 saturated heterocycles. The summed E-state index contributed by atoms with van der Waals surface area (Å²) in [5.41, 5.74) is 2.26. The molecule has 2 N–H and O–H groups in total. The number of methoxy groups -OCH3 is 1. The van der Waals surface area contributed by atoms with Crippen molar-refractivity contribution in [3.8, 4) is 22.9 Å². The molecule has 0 bridgehead atoms. The van der Waals surface area contributed by atoms with E-state index in [1.165, 1.54) is 7.11 Å². The molecule has 12 heteroatoms. The van der Waals surface area contributed by atoms with Crippen molar-refractivity contribution in [1.29, 1.82) is 0 Å². The molecule has 11 nitrogen and oxygen atoms in total. The van der Waals surface area contributed by atoms with E-state index in [2.05, 4.69) is 20.5 Å². The molecule has 4 aromatic rings. The lowest BCUT2D eigenvalue weighted by atomic mass is 10.2. The second-order valence-corrected chi connectivity index (χ2v) is 8.70. The number of hydrogen-bond donors (Lipinski definition) is 2. The van der Waals surface area contributed by atoms with Crippen molar-refractivity contribution >= 4 is 40.1 Å². The van der Waals surface area contributed by atoms with Gasteiger partial charge in [0.2, 0.25) is 5.95 Å². The first-order valence-corrected chi connectivity index (χ1v) is 11.8. The predicted molar refractivity (Wildman–Crippen MR) is 133 cm³/mol. The Hall–Kier alpha value is -3.83. The molecule has 0 spiro atoms. The van der Waals surface area contributed by atoms with Crippen LogP contribution in [0.5, 0.6) is 11.5 Å². The van der Waals surface area contributed by atoms with Crippen molar-refractivity contribution < 1.29 is 24.1 Å². The van der Waals surface area contributed by atoms with E-state index in [-0.39, 0.29) is 6.23 Å². The summed E-state index contributed by atoms with van der Waals surface area (Å²) in [6, 6.07) is 8.90. The maximum Gasteiger partial charge on any atom is 0.341 e. The molecule has 2 aromatic heterocycles. The number of nitrogens with one attached hydrogen (secondary N) is 1. The highest BCUT2D eigenvalue weighted by molar-refractivity contribution is 6.38. The van der Waals surface area contributed by atoms with Gasteiger partial charge in [-0.15, -0.1) is 5.10 Å². The Bertz CT molecular complexity index is 1410. The third-order valence-corrected chi connectivity index (χ3v) is 6.33. The van der Waals surface area contributed by atoms with Gasteiger partial charge in [-0.3, -0.25) is 0 Å². The summed E-state index contributed by atoms with van der Waals surface area (Å²) < 4.78 is 20.0. The second kappa shape index (κ2) is 10.0. The number of aryl methyl sites for hydroxylation is 1. The van der Waals surface area contributed by atoms with Crippen LogP contribution >= 0.6 is 11.6 Å². The van der Waals surface area contributed by atoms with E-state index < -0.39 is 12.6 Å². The maximum absolute atomic E-state index is 10.8. The molecule has 36 heavy (non-hydrogen) atoms. The van der Waals surface area contributed by atoms with Crippen molar-refractivity contribution in [2.24, 2.45) is 7.05 Å². The summed E-state index contributed by atoms with van der Waals surface area (Å²) in [5.74, 6) is 0.553. The molecular weight excluding hydrogens is 488 g/mol. The predicted octanol–water partition coefficient (Wildman–Crippen LogP) is 4.40. The summed E-state index contributed by atoms with van der Waals surface area (Å²) in [6.07, 6.45) is 4.78. The number of nitrogens with zero attached hydrogens (tertiary/aromatic N) is 5. The summed E-state index contributed by atoms with van der Waals surface area (Å²) in [7, 11) is 3.25. The van der Waals surface area contributed by atoms with Gasteiger partial charge in [-0.1, -0.05) is 11.6 Å². The zero-order valence-electron chi connectivity index (χ0n) is 19.8. The van der Waals surface area contributed by atoms with Gasteiger partial charge in [-0.25, -0.2) is 14.2 Å². The number of carboxylic acid groups (broad SMARTS) is 1. The van der Waals surface area contributed by atoms with Crippen LogP contribution in [0.1, 0.15) is 25.5 Å². The number of carbonyl (C=O) groups is 1. The Morgan fingerprint density at radius 2 is 2.14 bits per heavy atom. The molecule has 0 amide bonds. The minimum Gasteiger partial charge on any atom is -0.493 e. The van der Waals surface area contributed by atoms with Crippen molar-refractivity contribution in [3.05, 3.63) is 41.6 Å². The van der Waals surface area contributed by atoms with E-state index in [0.29, 0.717) is 39.5 Å². The number of hydrogen-bond acceptors (Lipinski definition) is 8. The van der Waals surface area contributed by atoms with Crippen molar-refractivity contribution in [2.45, 2.75) is 25.5 Å². The molecule has 3 heterocycles. The molecular formula is C24H25ClN6O5. The number of aliphatic carboxylic acids is 1. The number of halogens is 1. The van der Waals surface area contributed by atoms with Crippen LogP contribution in [0.25, 0.3) is 22.3 Å². The van der Waals surface area contributed by atoms with Crippen LogP contribution in [0.4, 0.5) is 11.6 Å². The van der Waals surface area contributed by atoms with Crippen LogP contribution in [0.15, 0.2) is 36.5 Å². The van der Waals surface area contributed by atoms with Crippen LogP contribution in [0.2, 0.25) is 5.02 Å². The molecule has 0 radical (unpaired) electrons. The second-order valence-electron chi connectivity index (χ2n) is 8.33. The van der Waals surface area contributed by atoms with Crippen LogP contribution < -0.4 is 14.8 Å². The number of aromatic nitrogens is 5. The average molecular weight is 513 g/mol. The number of ether oxygens (including phenoxy) is 3. The minimum atomic E-state index is -1.07. The molecule has 1 aliphatic rings. The van der Waals surface area contributed by atoms with Crippen LogP contribution in [-0.4, -0.2) is 55.9 Å². The van der Waals surface area contributed by atoms with Gasteiger partial charge in [0.1, 0.15) is 0 Å². The van der Waals surface area contributed by atoms with Gasteiger partial charge in [-0.2, -0.15) is 10.1 Å². The monoisotopic (exact) mass is 512 g/mol. The van der Waals surface area contributed by atoms with Crippen molar-refractivity contribution in [1.82, 2.24) is 24.5 Å². The Labute approximate surface area is 211 Å². The number of carboxylic acids is 1. The molecule has 1 atom stereocenters. The van der Waals surface area contributed by atoms with E-state index in [0.717, 1.165) is 36.8 Å². The normalized spacial score (nSPS) is 15.7. The molecule has 188 valence electrons. The summed E-state index contributed by atoms with van der Waals surface area (Å²) in [5, 5.41) is 22.5. The maximum atomic E-state index is 10.8. The SMILES string of the molecule is COc1cc(-c2nc(Nc3ccc4c(cnn4C4CCCCO4)c3Cl)n(C)n2)ccc1OCC(=O)O. The lowest BCUT2D eigenvalue weighted by Gasteiger charge is -2.23. The van der Waals surface area contributed by atoms with Crippen molar-refractivity contribution in [2.75, 3.05) is 25.6 Å². The van der Waals surface area contributed by atoms with Gasteiger partial charge < -0.3 is 24.6 Å². The van der Waals surface area contributed by atoms with Crippen LogP contribution in [0.3, 0.4) is 0 Å². The average Bonchev–Trinajstić information content (AvgIpc) is 3.49. The largest absolute Gasteiger partial charge is 0.493 e. The fourth-order valence-corrected chi connectivity index (χ4v) is 4.39.